The summed E-state index contributed by atoms with van der Waals surface area (Å²) in [6.07, 6.45) is 0. The highest BCUT2D eigenvalue weighted by atomic mass is 79.9. The van der Waals surface area contributed by atoms with Crippen molar-refractivity contribution < 1.29 is 9.53 Å². The summed E-state index contributed by atoms with van der Waals surface area (Å²) in [5.41, 5.74) is 1.54. The van der Waals surface area contributed by atoms with Crippen molar-refractivity contribution in [1.29, 1.82) is 0 Å². The minimum absolute atomic E-state index is 0.182. The first-order chi connectivity index (χ1) is 9.51. The molecule has 0 aliphatic heterocycles. The number of rotatable bonds is 4. The molecule has 0 fully saturated rings. The molecular formula is C14H15BrN2O2S. The van der Waals surface area contributed by atoms with Gasteiger partial charge in [-0.1, -0.05) is 13.8 Å². The van der Waals surface area contributed by atoms with E-state index in [0.29, 0.717) is 22.4 Å². The molecule has 4 nitrogen and oxygen atoms in total. The van der Waals surface area contributed by atoms with Crippen LogP contribution < -0.4 is 10.1 Å². The maximum Gasteiger partial charge on any atom is 0.257 e. The summed E-state index contributed by atoms with van der Waals surface area (Å²) >= 11 is 4.80. The molecule has 0 bridgehead atoms. The van der Waals surface area contributed by atoms with Gasteiger partial charge in [-0.05, 0) is 40.0 Å². The van der Waals surface area contributed by atoms with Crippen LogP contribution in [0.4, 0.5) is 5.13 Å². The van der Waals surface area contributed by atoms with Gasteiger partial charge < -0.3 is 4.74 Å². The Hall–Kier alpha value is -1.40. The third kappa shape index (κ3) is 3.37. The molecule has 0 aliphatic carbocycles. The molecular weight excluding hydrogens is 340 g/mol. The van der Waals surface area contributed by atoms with Crippen LogP contribution in [0, 0.1) is 0 Å². The van der Waals surface area contributed by atoms with Gasteiger partial charge in [-0.3, -0.25) is 10.1 Å². The van der Waals surface area contributed by atoms with Gasteiger partial charge in [0, 0.05) is 10.9 Å². The van der Waals surface area contributed by atoms with Gasteiger partial charge in [0.25, 0.3) is 5.91 Å². The van der Waals surface area contributed by atoms with Gasteiger partial charge in [-0.15, -0.1) is 11.3 Å². The zero-order valence-corrected chi connectivity index (χ0v) is 13.8. The molecule has 0 radical (unpaired) electrons. The van der Waals surface area contributed by atoms with Crippen LogP contribution in [0.3, 0.4) is 0 Å². The summed E-state index contributed by atoms with van der Waals surface area (Å²) in [6, 6.07) is 5.20. The second kappa shape index (κ2) is 6.37. The lowest BCUT2D eigenvalue weighted by Crippen LogP contribution is -2.11. The third-order valence-electron chi connectivity index (χ3n) is 2.75. The predicted octanol–water partition coefficient (Wildman–Crippen LogP) is 4.29. The van der Waals surface area contributed by atoms with Crippen LogP contribution in [0.5, 0.6) is 5.75 Å². The van der Waals surface area contributed by atoms with Gasteiger partial charge in [-0.25, -0.2) is 4.98 Å². The van der Waals surface area contributed by atoms with Gasteiger partial charge in [0.15, 0.2) is 5.13 Å². The number of halogens is 1. The summed E-state index contributed by atoms with van der Waals surface area (Å²) in [5, 5.41) is 5.38. The van der Waals surface area contributed by atoms with E-state index in [4.69, 9.17) is 4.74 Å². The lowest BCUT2D eigenvalue weighted by atomic mass is 10.2. The number of nitrogens with zero attached hydrogens (tertiary/aromatic N) is 1. The molecule has 1 aromatic heterocycles. The van der Waals surface area contributed by atoms with E-state index in [1.54, 1.807) is 25.3 Å². The zero-order chi connectivity index (χ0) is 14.7. The first-order valence-electron chi connectivity index (χ1n) is 6.11. The van der Waals surface area contributed by atoms with E-state index in [-0.39, 0.29) is 5.91 Å². The molecule has 2 aromatic rings. The van der Waals surface area contributed by atoms with Crippen LogP contribution in [0.25, 0.3) is 0 Å². The van der Waals surface area contributed by atoms with Crippen LogP contribution in [0.2, 0.25) is 0 Å². The van der Waals surface area contributed by atoms with Crippen LogP contribution >= 0.6 is 27.3 Å². The summed E-state index contributed by atoms with van der Waals surface area (Å²) in [5.74, 6) is 0.864. The van der Waals surface area contributed by atoms with Crippen LogP contribution in [-0.2, 0) is 0 Å². The first kappa shape index (κ1) is 15.0. The molecule has 6 heteroatoms. The molecule has 0 aliphatic rings. The number of nitrogens with one attached hydrogen (secondary N) is 1. The number of benzene rings is 1. The second-order valence-electron chi connectivity index (χ2n) is 4.54. The largest absolute Gasteiger partial charge is 0.496 e. The Bertz CT molecular complexity index is 625. The van der Waals surface area contributed by atoms with Gasteiger partial charge in [0.1, 0.15) is 5.75 Å². The van der Waals surface area contributed by atoms with E-state index in [2.05, 4.69) is 40.1 Å². The number of methoxy groups -OCH3 is 1. The lowest BCUT2D eigenvalue weighted by molar-refractivity contribution is 0.102. The number of anilines is 1. The van der Waals surface area contributed by atoms with Crippen molar-refractivity contribution in [1.82, 2.24) is 4.98 Å². The fourth-order valence-corrected chi connectivity index (χ4v) is 2.99. The number of carbonyl (C=O) groups is 1. The molecule has 0 atom stereocenters. The van der Waals surface area contributed by atoms with Gasteiger partial charge in [0.05, 0.1) is 17.3 Å². The van der Waals surface area contributed by atoms with E-state index in [0.717, 1.165) is 10.2 Å². The fraction of sp³-hybridized carbons (Fsp3) is 0.286. The van der Waals surface area contributed by atoms with Crippen LogP contribution in [-0.4, -0.2) is 18.0 Å². The topological polar surface area (TPSA) is 51.2 Å². The number of thiazole rings is 1. The second-order valence-corrected chi connectivity index (χ2v) is 6.25. The molecule has 2 rings (SSSR count). The number of hydrogen-bond donors (Lipinski definition) is 1. The van der Waals surface area contributed by atoms with Gasteiger partial charge in [0.2, 0.25) is 0 Å². The zero-order valence-electron chi connectivity index (χ0n) is 11.4. The summed E-state index contributed by atoms with van der Waals surface area (Å²) in [4.78, 5) is 16.5. The molecule has 0 spiro atoms. The SMILES string of the molecule is COc1ccc(C(=O)Nc2nc(C(C)C)cs2)cc1Br. The van der Waals surface area contributed by atoms with Crippen molar-refractivity contribution in [3.63, 3.8) is 0 Å². The van der Waals surface area contributed by atoms with Crippen molar-refractivity contribution in [2.24, 2.45) is 0 Å². The van der Waals surface area contributed by atoms with E-state index in [1.165, 1.54) is 11.3 Å². The number of amides is 1. The molecule has 1 N–H and O–H groups in total. The normalized spacial score (nSPS) is 10.7. The Balaban J connectivity index is 2.13. The Morgan fingerprint density at radius 1 is 1.45 bits per heavy atom. The van der Waals surface area contributed by atoms with Crippen molar-refractivity contribution in [3.05, 3.63) is 39.3 Å². The van der Waals surface area contributed by atoms with Gasteiger partial charge in [-0.2, -0.15) is 0 Å². The molecule has 1 amide bonds. The van der Waals surface area contributed by atoms with Crippen LogP contribution in [0.1, 0.15) is 35.8 Å². The standard InChI is InChI=1S/C14H15BrN2O2S/c1-8(2)11-7-20-14(16-11)17-13(18)9-4-5-12(19-3)10(15)6-9/h4-8H,1-3H3,(H,16,17,18). The minimum Gasteiger partial charge on any atom is -0.496 e. The number of ether oxygens (including phenoxy) is 1. The molecule has 0 saturated carbocycles. The monoisotopic (exact) mass is 354 g/mol. The highest BCUT2D eigenvalue weighted by Crippen LogP contribution is 2.26. The molecule has 1 aromatic carbocycles. The minimum atomic E-state index is -0.182. The smallest absolute Gasteiger partial charge is 0.257 e. The Morgan fingerprint density at radius 3 is 2.75 bits per heavy atom. The van der Waals surface area contributed by atoms with E-state index in [9.17, 15) is 4.79 Å². The van der Waals surface area contributed by atoms with Crippen molar-refractivity contribution in [3.8, 4) is 5.75 Å². The maximum atomic E-state index is 12.1. The molecule has 0 unspecified atom stereocenters. The predicted molar refractivity (Wildman–Crippen MR) is 84.9 cm³/mol. The Labute approximate surface area is 130 Å². The molecule has 0 saturated heterocycles. The maximum absolute atomic E-state index is 12.1. The fourth-order valence-electron chi connectivity index (χ4n) is 1.59. The van der Waals surface area contributed by atoms with E-state index < -0.39 is 0 Å². The Morgan fingerprint density at radius 2 is 2.20 bits per heavy atom. The molecule has 1 heterocycles. The number of hydrogen-bond acceptors (Lipinski definition) is 4. The summed E-state index contributed by atoms with van der Waals surface area (Å²) in [7, 11) is 1.59. The van der Waals surface area contributed by atoms with Gasteiger partial charge >= 0.3 is 0 Å². The average Bonchev–Trinajstić information content (AvgIpc) is 2.87. The number of carbonyl (C=O) groups excluding carboxylic acids is 1. The van der Waals surface area contributed by atoms with E-state index >= 15 is 0 Å². The summed E-state index contributed by atoms with van der Waals surface area (Å²) < 4.78 is 5.88. The van der Waals surface area contributed by atoms with Crippen molar-refractivity contribution in [2.45, 2.75) is 19.8 Å². The number of aromatic nitrogens is 1. The van der Waals surface area contributed by atoms with Crippen molar-refractivity contribution in [2.75, 3.05) is 12.4 Å². The van der Waals surface area contributed by atoms with Crippen LogP contribution in [0.15, 0.2) is 28.1 Å². The van der Waals surface area contributed by atoms with Crippen molar-refractivity contribution >= 4 is 38.3 Å². The highest BCUT2D eigenvalue weighted by Gasteiger charge is 2.12. The quantitative estimate of drug-likeness (QED) is 0.890. The average molecular weight is 355 g/mol. The lowest BCUT2D eigenvalue weighted by Gasteiger charge is -2.06. The molecule has 20 heavy (non-hydrogen) atoms. The highest BCUT2D eigenvalue weighted by molar-refractivity contribution is 9.10. The van der Waals surface area contributed by atoms with E-state index in [1.807, 2.05) is 5.38 Å². The summed E-state index contributed by atoms with van der Waals surface area (Å²) in [6.45, 7) is 4.14. The molecule has 106 valence electrons. The Kier molecular flexibility index (Phi) is 4.77. The third-order valence-corrected chi connectivity index (χ3v) is 4.14. The first-order valence-corrected chi connectivity index (χ1v) is 7.79.